The number of nitrogens with zero attached hydrogens (tertiary/aromatic N) is 1. The summed E-state index contributed by atoms with van der Waals surface area (Å²) in [4.78, 5) is 27.1. The Morgan fingerprint density at radius 1 is 1.03 bits per heavy atom. The Hall–Kier alpha value is -3.60. The number of carbonyl (C=O) groups excluding carboxylic acids is 2. The molecule has 1 saturated heterocycles. The highest BCUT2D eigenvalue weighted by Gasteiger charge is 2.37. The SMILES string of the molecule is Cc1cccc(NC(=O)[C@@H]2CCN(c3ccc(OCc4ccccc4)cc3)C2=O)c1. The maximum Gasteiger partial charge on any atom is 0.239 e. The van der Waals surface area contributed by atoms with E-state index in [0.29, 0.717) is 25.3 Å². The number of nitrogens with one attached hydrogen (secondary N) is 1. The van der Waals surface area contributed by atoms with Gasteiger partial charge >= 0.3 is 0 Å². The summed E-state index contributed by atoms with van der Waals surface area (Å²) >= 11 is 0. The number of benzene rings is 3. The van der Waals surface area contributed by atoms with Gasteiger partial charge in [-0.2, -0.15) is 0 Å². The first-order valence-electron chi connectivity index (χ1n) is 10.1. The van der Waals surface area contributed by atoms with Crippen molar-refractivity contribution >= 4 is 23.2 Å². The zero-order chi connectivity index (χ0) is 20.9. The zero-order valence-corrected chi connectivity index (χ0v) is 16.9. The van der Waals surface area contributed by atoms with Gasteiger partial charge in [0.05, 0.1) is 0 Å². The van der Waals surface area contributed by atoms with E-state index in [1.54, 1.807) is 4.90 Å². The molecular weight excluding hydrogens is 376 g/mol. The third kappa shape index (κ3) is 4.51. The van der Waals surface area contributed by atoms with Gasteiger partial charge in [-0.15, -0.1) is 0 Å². The normalized spacial score (nSPS) is 15.8. The van der Waals surface area contributed by atoms with Crippen molar-refractivity contribution in [3.8, 4) is 5.75 Å². The smallest absolute Gasteiger partial charge is 0.239 e. The highest BCUT2D eigenvalue weighted by Crippen LogP contribution is 2.28. The van der Waals surface area contributed by atoms with Crippen LogP contribution in [0, 0.1) is 12.8 Å². The summed E-state index contributed by atoms with van der Waals surface area (Å²) in [6.07, 6.45) is 0.503. The van der Waals surface area contributed by atoms with Gasteiger partial charge < -0.3 is 15.0 Å². The van der Waals surface area contributed by atoms with Crippen molar-refractivity contribution in [2.24, 2.45) is 5.92 Å². The first-order chi connectivity index (χ1) is 14.6. The predicted molar refractivity (Wildman–Crippen MR) is 117 cm³/mol. The Balaban J connectivity index is 1.36. The van der Waals surface area contributed by atoms with Gasteiger partial charge in [-0.25, -0.2) is 0 Å². The second kappa shape index (κ2) is 8.82. The van der Waals surface area contributed by atoms with E-state index in [0.717, 1.165) is 22.6 Å². The third-order valence-electron chi connectivity index (χ3n) is 5.20. The molecule has 1 heterocycles. The summed E-state index contributed by atoms with van der Waals surface area (Å²) < 4.78 is 5.80. The fourth-order valence-corrected chi connectivity index (χ4v) is 3.59. The molecule has 0 radical (unpaired) electrons. The zero-order valence-electron chi connectivity index (χ0n) is 16.9. The summed E-state index contributed by atoms with van der Waals surface area (Å²) in [5.74, 6) is -0.350. The van der Waals surface area contributed by atoms with Crippen LogP contribution in [0.4, 0.5) is 11.4 Å². The topological polar surface area (TPSA) is 58.6 Å². The molecule has 0 aliphatic carbocycles. The Kier molecular flexibility index (Phi) is 5.80. The molecule has 0 aromatic heterocycles. The molecule has 0 bridgehead atoms. The number of aryl methyl sites for hydroxylation is 1. The van der Waals surface area contributed by atoms with Crippen molar-refractivity contribution in [1.29, 1.82) is 0 Å². The van der Waals surface area contributed by atoms with Crippen molar-refractivity contribution in [3.05, 3.63) is 90.0 Å². The molecule has 1 aliphatic heterocycles. The maximum absolute atomic E-state index is 12.8. The highest BCUT2D eigenvalue weighted by molar-refractivity contribution is 6.13. The lowest BCUT2D eigenvalue weighted by atomic mass is 10.1. The quantitative estimate of drug-likeness (QED) is 0.617. The predicted octanol–water partition coefficient (Wildman–Crippen LogP) is 4.57. The number of anilines is 2. The molecule has 3 aromatic rings. The van der Waals surface area contributed by atoms with Crippen LogP contribution >= 0.6 is 0 Å². The van der Waals surface area contributed by atoms with Crippen LogP contribution in [0.3, 0.4) is 0 Å². The summed E-state index contributed by atoms with van der Waals surface area (Å²) in [5.41, 5.74) is 3.64. The van der Waals surface area contributed by atoms with E-state index in [4.69, 9.17) is 4.74 Å². The first-order valence-corrected chi connectivity index (χ1v) is 10.1. The van der Waals surface area contributed by atoms with Gasteiger partial charge in [0.25, 0.3) is 0 Å². The number of ether oxygens (including phenoxy) is 1. The molecule has 3 aromatic carbocycles. The summed E-state index contributed by atoms with van der Waals surface area (Å²) in [6, 6.07) is 25.0. The number of rotatable bonds is 6. The van der Waals surface area contributed by atoms with Crippen LogP contribution in [-0.4, -0.2) is 18.4 Å². The Bertz CT molecular complexity index is 1030. The average Bonchev–Trinajstić information content (AvgIpc) is 3.15. The highest BCUT2D eigenvalue weighted by atomic mass is 16.5. The number of carbonyl (C=O) groups is 2. The van der Waals surface area contributed by atoms with Crippen LogP contribution in [0.5, 0.6) is 5.75 Å². The summed E-state index contributed by atoms with van der Waals surface area (Å²) in [7, 11) is 0. The Morgan fingerprint density at radius 2 is 1.80 bits per heavy atom. The molecule has 1 atom stereocenters. The number of amides is 2. The molecule has 2 amide bonds. The molecule has 4 rings (SSSR count). The van der Waals surface area contributed by atoms with E-state index >= 15 is 0 Å². The average molecular weight is 400 g/mol. The van der Waals surface area contributed by atoms with E-state index in [-0.39, 0.29) is 11.8 Å². The van der Waals surface area contributed by atoms with Crippen molar-refractivity contribution in [3.63, 3.8) is 0 Å². The van der Waals surface area contributed by atoms with Crippen molar-refractivity contribution in [2.75, 3.05) is 16.8 Å². The van der Waals surface area contributed by atoms with E-state index in [9.17, 15) is 9.59 Å². The molecule has 1 N–H and O–H groups in total. The third-order valence-corrected chi connectivity index (χ3v) is 5.20. The number of hydrogen-bond donors (Lipinski definition) is 1. The molecular formula is C25H24N2O3. The fourth-order valence-electron chi connectivity index (χ4n) is 3.59. The molecule has 152 valence electrons. The Morgan fingerprint density at radius 3 is 2.53 bits per heavy atom. The molecule has 0 saturated carbocycles. The van der Waals surface area contributed by atoms with Gasteiger partial charge in [0, 0.05) is 17.9 Å². The lowest BCUT2D eigenvalue weighted by molar-refractivity contribution is -0.129. The summed E-state index contributed by atoms with van der Waals surface area (Å²) in [6.45, 7) is 2.98. The molecule has 0 spiro atoms. The molecule has 30 heavy (non-hydrogen) atoms. The molecule has 1 aliphatic rings. The van der Waals surface area contributed by atoms with E-state index in [1.165, 1.54) is 0 Å². The van der Waals surface area contributed by atoms with E-state index in [2.05, 4.69) is 5.32 Å². The van der Waals surface area contributed by atoms with E-state index in [1.807, 2.05) is 85.8 Å². The molecule has 5 heteroatoms. The van der Waals surface area contributed by atoms with Crippen LogP contribution < -0.4 is 15.0 Å². The van der Waals surface area contributed by atoms with Gasteiger partial charge in [-0.1, -0.05) is 42.5 Å². The van der Waals surface area contributed by atoms with E-state index < -0.39 is 5.92 Å². The number of hydrogen-bond acceptors (Lipinski definition) is 3. The van der Waals surface area contributed by atoms with Crippen molar-refractivity contribution in [2.45, 2.75) is 20.0 Å². The lowest BCUT2D eigenvalue weighted by Gasteiger charge is -2.17. The second-order valence-corrected chi connectivity index (χ2v) is 7.46. The van der Waals surface area contributed by atoms with Crippen molar-refractivity contribution < 1.29 is 14.3 Å². The standard InChI is InChI=1S/C25H24N2O3/c1-18-6-5-9-20(16-18)26-24(28)23-14-15-27(25(23)29)21-10-12-22(13-11-21)30-17-19-7-3-2-4-8-19/h2-13,16,23H,14-15,17H2,1H3,(H,26,28)/t23-/m0/s1. The van der Waals surface area contributed by atoms with Gasteiger partial charge in [-0.3, -0.25) is 9.59 Å². The van der Waals surface area contributed by atoms with Crippen LogP contribution in [0.1, 0.15) is 17.5 Å². The largest absolute Gasteiger partial charge is 0.489 e. The summed E-state index contributed by atoms with van der Waals surface area (Å²) in [5, 5.41) is 2.86. The molecule has 5 nitrogen and oxygen atoms in total. The van der Waals surface area contributed by atoms with Crippen LogP contribution in [0.2, 0.25) is 0 Å². The lowest BCUT2D eigenvalue weighted by Crippen LogP contribution is -2.33. The minimum absolute atomic E-state index is 0.168. The molecule has 1 fully saturated rings. The monoisotopic (exact) mass is 400 g/mol. The first kappa shape index (κ1) is 19.7. The second-order valence-electron chi connectivity index (χ2n) is 7.46. The van der Waals surface area contributed by atoms with Crippen LogP contribution in [0.15, 0.2) is 78.9 Å². The van der Waals surface area contributed by atoms with Crippen LogP contribution in [0.25, 0.3) is 0 Å². The van der Waals surface area contributed by atoms with Crippen molar-refractivity contribution in [1.82, 2.24) is 0 Å². The molecule has 0 unspecified atom stereocenters. The minimum atomic E-state index is -0.667. The van der Waals surface area contributed by atoms with Gasteiger partial charge in [0.2, 0.25) is 11.8 Å². The maximum atomic E-state index is 12.8. The van der Waals surface area contributed by atoms with Crippen LogP contribution in [-0.2, 0) is 16.2 Å². The van der Waals surface area contributed by atoms with Gasteiger partial charge in [0.1, 0.15) is 18.3 Å². The van der Waals surface area contributed by atoms with Gasteiger partial charge in [-0.05, 0) is 60.9 Å². The minimum Gasteiger partial charge on any atom is -0.489 e. The Labute approximate surface area is 176 Å². The fraction of sp³-hybridized carbons (Fsp3) is 0.200. The van der Waals surface area contributed by atoms with Gasteiger partial charge in [0.15, 0.2) is 0 Å².